The number of phosphoric ester groups is 2. The van der Waals surface area contributed by atoms with E-state index in [1.54, 1.807) is 0 Å². The van der Waals surface area contributed by atoms with Gasteiger partial charge in [0, 0.05) is 25.7 Å². The highest BCUT2D eigenvalue weighted by atomic mass is 31.2. The molecule has 2 unspecified atom stereocenters. The van der Waals surface area contributed by atoms with E-state index in [9.17, 15) is 43.2 Å². The fourth-order valence-electron chi connectivity index (χ4n) is 13.1. The summed E-state index contributed by atoms with van der Waals surface area (Å²) >= 11 is 0. The summed E-state index contributed by atoms with van der Waals surface area (Å²) < 4.78 is 68.7. The van der Waals surface area contributed by atoms with Gasteiger partial charge >= 0.3 is 39.5 Å². The molecule has 0 fully saturated rings. The predicted octanol–water partition coefficient (Wildman–Crippen LogP) is 25.5. The van der Waals surface area contributed by atoms with Gasteiger partial charge in [0.2, 0.25) is 0 Å². The molecule has 0 aromatic rings. The quantitative estimate of drug-likeness (QED) is 0.0222. The highest BCUT2D eigenvalue weighted by Crippen LogP contribution is 2.45. The molecule has 3 N–H and O–H groups in total. The van der Waals surface area contributed by atoms with Crippen molar-refractivity contribution in [3.8, 4) is 0 Å². The van der Waals surface area contributed by atoms with E-state index in [0.717, 1.165) is 95.8 Å². The topological polar surface area (TPSA) is 237 Å². The Bertz CT molecular complexity index is 1980. The van der Waals surface area contributed by atoms with Crippen LogP contribution in [0.3, 0.4) is 0 Å². The molecule has 0 aromatic carbocycles. The lowest BCUT2D eigenvalue weighted by Gasteiger charge is -2.21. The van der Waals surface area contributed by atoms with Crippen LogP contribution < -0.4 is 0 Å². The number of unbranched alkanes of at least 4 members (excludes halogenated alkanes) is 53. The first-order chi connectivity index (χ1) is 49.9. The van der Waals surface area contributed by atoms with Crippen molar-refractivity contribution in [2.24, 2.45) is 11.8 Å². The van der Waals surface area contributed by atoms with Crippen molar-refractivity contribution < 1.29 is 80.2 Å². The molecule has 612 valence electrons. The van der Waals surface area contributed by atoms with E-state index < -0.39 is 97.5 Å². The molecule has 0 radical (unpaired) electrons. The lowest BCUT2D eigenvalue weighted by Crippen LogP contribution is -2.30. The molecule has 0 heterocycles. The van der Waals surface area contributed by atoms with Crippen LogP contribution in [0.25, 0.3) is 0 Å². The van der Waals surface area contributed by atoms with Gasteiger partial charge in [-0.2, -0.15) is 0 Å². The summed E-state index contributed by atoms with van der Waals surface area (Å²) in [5.41, 5.74) is 0. The average Bonchev–Trinajstić information content (AvgIpc) is 0.946. The van der Waals surface area contributed by atoms with Gasteiger partial charge in [0.05, 0.1) is 26.4 Å². The summed E-state index contributed by atoms with van der Waals surface area (Å²) in [5, 5.41) is 10.6. The Kier molecular flexibility index (Phi) is 74.1. The summed E-state index contributed by atoms with van der Waals surface area (Å²) in [7, 11) is -9.92. The van der Waals surface area contributed by atoms with E-state index in [1.165, 1.54) is 263 Å². The number of carbonyl (C=O) groups excluding carboxylic acids is 4. The molecule has 19 heteroatoms. The van der Waals surface area contributed by atoms with Gasteiger partial charge in [-0.25, -0.2) is 9.13 Å². The first kappa shape index (κ1) is 101. The molecule has 0 saturated heterocycles. The SMILES string of the molecule is CCCCCCCCCCCCCCCCCCCCCCCCC(=O)O[C@H](COC(=O)CCCCCCCCCCCCCCCCCCCCC(C)C)COP(=O)(O)OC[C@@H](O)COP(=O)(O)OC[C@@H](COC(=O)CCCCCCCCCCCC)OC(=O)CCCCCCCCCC(C)C. The molecule has 0 aliphatic rings. The number of aliphatic hydroxyl groups is 1. The van der Waals surface area contributed by atoms with Crippen molar-refractivity contribution in [1.29, 1.82) is 0 Å². The second kappa shape index (κ2) is 75.5. The van der Waals surface area contributed by atoms with Crippen LogP contribution in [0.1, 0.15) is 446 Å². The minimum atomic E-state index is -4.96. The van der Waals surface area contributed by atoms with Gasteiger partial charge in [-0.05, 0) is 37.5 Å². The molecule has 0 rings (SSSR count). The molecule has 0 aliphatic carbocycles. The maximum absolute atomic E-state index is 13.1. The standard InChI is InChI=1S/C84H164O17P2/c1-7-9-11-13-15-17-19-20-21-22-23-24-25-26-31-34-37-40-44-50-56-62-68-83(88)100-79(72-95-82(87)67-61-55-49-43-39-36-33-30-28-27-29-32-35-38-41-46-52-58-64-76(3)4)74-98-102(90,91)96-70-78(85)71-97-103(92,93)99-75-80(101-84(89)69-63-57-51-45-47-53-59-65-77(5)6)73-94-81(86)66-60-54-48-42-18-16-14-12-10-8-2/h76-80,85H,7-75H2,1-6H3,(H,90,91)(H,92,93)/t78-,79-,80-/m1/s1. The van der Waals surface area contributed by atoms with Gasteiger partial charge in [0.1, 0.15) is 19.3 Å². The van der Waals surface area contributed by atoms with Gasteiger partial charge in [-0.1, -0.05) is 395 Å². The van der Waals surface area contributed by atoms with Crippen LogP contribution >= 0.6 is 15.6 Å². The van der Waals surface area contributed by atoms with Crippen molar-refractivity contribution in [2.45, 2.75) is 464 Å². The molecule has 0 spiro atoms. The summed E-state index contributed by atoms with van der Waals surface area (Å²) in [4.78, 5) is 73.0. The highest BCUT2D eigenvalue weighted by molar-refractivity contribution is 7.47. The normalized spacial score (nSPS) is 13.9. The fraction of sp³-hybridized carbons (Fsp3) is 0.952. The summed E-state index contributed by atoms with van der Waals surface area (Å²) in [6, 6.07) is 0. The van der Waals surface area contributed by atoms with E-state index in [1.807, 2.05) is 0 Å². The number of carbonyl (C=O) groups is 4. The first-order valence-corrected chi connectivity index (χ1v) is 46.5. The average molecular weight is 1510 g/mol. The van der Waals surface area contributed by atoms with Crippen molar-refractivity contribution in [3.63, 3.8) is 0 Å². The van der Waals surface area contributed by atoms with Crippen LogP contribution in [0.4, 0.5) is 0 Å². The lowest BCUT2D eigenvalue weighted by molar-refractivity contribution is -0.161. The Labute approximate surface area is 632 Å². The Morgan fingerprint density at radius 3 is 0.660 bits per heavy atom. The zero-order valence-corrected chi connectivity index (χ0v) is 69.4. The molecule has 0 bridgehead atoms. The van der Waals surface area contributed by atoms with Crippen LogP contribution in [0.15, 0.2) is 0 Å². The lowest BCUT2D eigenvalue weighted by atomic mass is 10.0. The third-order valence-corrected chi connectivity index (χ3v) is 21.6. The van der Waals surface area contributed by atoms with Crippen LogP contribution in [0, 0.1) is 11.8 Å². The third kappa shape index (κ3) is 78.0. The van der Waals surface area contributed by atoms with E-state index in [2.05, 4.69) is 41.5 Å². The number of esters is 4. The molecule has 0 aliphatic heterocycles. The largest absolute Gasteiger partial charge is 0.472 e. The van der Waals surface area contributed by atoms with Crippen molar-refractivity contribution in [3.05, 3.63) is 0 Å². The second-order valence-electron chi connectivity index (χ2n) is 31.2. The minimum Gasteiger partial charge on any atom is -0.462 e. The number of aliphatic hydroxyl groups excluding tert-OH is 1. The summed E-state index contributed by atoms with van der Waals surface area (Å²) in [6.45, 7) is 9.61. The minimum absolute atomic E-state index is 0.104. The number of ether oxygens (including phenoxy) is 4. The highest BCUT2D eigenvalue weighted by Gasteiger charge is 2.30. The zero-order valence-electron chi connectivity index (χ0n) is 67.6. The van der Waals surface area contributed by atoms with Crippen molar-refractivity contribution in [2.75, 3.05) is 39.6 Å². The van der Waals surface area contributed by atoms with E-state index in [0.29, 0.717) is 31.6 Å². The van der Waals surface area contributed by atoms with E-state index in [4.69, 9.17) is 37.0 Å². The Hall–Kier alpha value is -1.94. The smallest absolute Gasteiger partial charge is 0.462 e. The van der Waals surface area contributed by atoms with Crippen LogP contribution in [-0.4, -0.2) is 96.7 Å². The van der Waals surface area contributed by atoms with Gasteiger partial charge in [-0.15, -0.1) is 0 Å². The predicted molar refractivity (Wildman–Crippen MR) is 423 cm³/mol. The number of hydrogen-bond acceptors (Lipinski definition) is 15. The third-order valence-electron chi connectivity index (χ3n) is 19.7. The Morgan fingerprint density at radius 2 is 0.447 bits per heavy atom. The van der Waals surface area contributed by atoms with Gasteiger partial charge in [-0.3, -0.25) is 37.3 Å². The summed E-state index contributed by atoms with van der Waals surface area (Å²) in [6.07, 6.45) is 67.0. The fourth-order valence-corrected chi connectivity index (χ4v) is 14.6. The second-order valence-corrected chi connectivity index (χ2v) is 34.1. The van der Waals surface area contributed by atoms with Gasteiger partial charge < -0.3 is 33.8 Å². The molecular formula is C84H164O17P2. The maximum Gasteiger partial charge on any atom is 0.472 e. The number of phosphoric acid groups is 2. The van der Waals surface area contributed by atoms with Crippen LogP contribution in [0.5, 0.6) is 0 Å². The van der Waals surface area contributed by atoms with Crippen molar-refractivity contribution >= 4 is 39.5 Å². The van der Waals surface area contributed by atoms with Gasteiger partial charge in [0.25, 0.3) is 0 Å². The van der Waals surface area contributed by atoms with Gasteiger partial charge in [0.15, 0.2) is 12.2 Å². The molecule has 0 amide bonds. The summed E-state index contributed by atoms with van der Waals surface area (Å²) in [5.74, 6) is -0.591. The van der Waals surface area contributed by atoms with E-state index >= 15 is 0 Å². The molecule has 17 nitrogen and oxygen atoms in total. The maximum atomic E-state index is 13.1. The Morgan fingerprint density at radius 1 is 0.262 bits per heavy atom. The van der Waals surface area contributed by atoms with Crippen molar-refractivity contribution in [1.82, 2.24) is 0 Å². The zero-order chi connectivity index (χ0) is 75.6. The monoisotopic (exact) mass is 1510 g/mol. The molecule has 5 atom stereocenters. The molecule has 103 heavy (non-hydrogen) atoms. The number of rotatable bonds is 83. The Balaban J connectivity index is 5.16. The molecular weight excluding hydrogens is 1340 g/mol. The number of hydrogen-bond donors (Lipinski definition) is 3. The molecule has 0 aromatic heterocycles. The van der Waals surface area contributed by atoms with Crippen LogP contribution in [-0.2, 0) is 65.4 Å². The van der Waals surface area contributed by atoms with Crippen LogP contribution in [0.2, 0.25) is 0 Å². The molecule has 0 saturated carbocycles. The first-order valence-electron chi connectivity index (χ1n) is 43.5. The van der Waals surface area contributed by atoms with E-state index in [-0.39, 0.29) is 25.7 Å².